The van der Waals surface area contributed by atoms with E-state index in [0.717, 1.165) is 37.3 Å². The van der Waals surface area contributed by atoms with Crippen LogP contribution >= 0.6 is 11.6 Å². The van der Waals surface area contributed by atoms with Crippen molar-refractivity contribution in [2.75, 3.05) is 0 Å². The number of carboxylic acid groups (broad SMARTS) is 1. The Bertz CT molecular complexity index is 470. The molecule has 0 unspecified atom stereocenters. The van der Waals surface area contributed by atoms with Crippen LogP contribution in [-0.2, 0) is 11.3 Å². The molecule has 4 heteroatoms. The molecule has 20 heavy (non-hydrogen) atoms. The predicted molar refractivity (Wildman–Crippen MR) is 81.1 cm³/mol. The Kier molecular flexibility index (Phi) is 5.06. The third-order valence-corrected chi connectivity index (χ3v) is 4.52. The number of halogens is 1. The lowest BCUT2D eigenvalue weighted by Crippen LogP contribution is -2.34. The first-order chi connectivity index (χ1) is 9.47. The molecule has 0 saturated heterocycles. The summed E-state index contributed by atoms with van der Waals surface area (Å²) in [6, 6.07) is 4.42. The second-order valence-electron chi connectivity index (χ2n) is 5.79. The molecule has 1 aromatic carbocycles. The van der Waals surface area contributed by atoms with Gasteiger partial charge in [-0.15, -0.1) is 0 Å². The van der Waals surface area contributed by atoms with Gasteiger partial charge in [0.05, 0.1) is 5.92 Å². The zero-order chi connectivity index (χ0) is 14.7. The zero-order valence-electron chi connectivity index (χ0n) is 12.1. The second-order valence-corrected chi connectivity index (χ2v) is 6.22. The van der Waals surface area contributed by atoms with Gasteiger partial charge in [0.15, 0.2) is 0 Å². The number of aryl methyl sites for hydroxylation is 2. The van der Waals surface area contributed by atoms with Crippen molar-refractivity contribution in [2.45, 2.75) is 52.1 Å². The number of rotatable bonds is 4. The van der Waals surface area contributed by atoms with Gasteiger partial charge < -0.3 is 10.4 Å². The van der Waals surface area contributed by atoms with Crippen molar-refractivity contribution in [2.24, 2.45) is 5.92 Å². The minimum absolute atomic E-state index is 0.146. The molecule has 0 amide bonds. The lowest BCUT2D eigenvalue weighted by molar-refractivity contribution is -0.142. The number of aliphatic carboxylic acids is 1. The molecule has 0 aliphatic heterocycles. The van der Waals surface area contributed by atoms with Gasteiger partial charge in [-0.05, 0) is 68.4 Å². The molecule has 0 aromatic heterocycles. The molecule has 110 valence electrons. The van der Waals surface area contributed by atoms with Crippen molar-refractivity contribution in [1.82, 2.24) is 5.32 Å². The van der Waals surface area contributed by atoms with Crippen molar-refractivity contribution < 1.29 is 9.90 Å². The number of nitrogens with one attached hydrogen (secondary N) is 1. The van der Waals surface area contributed by atoms with Crippen LogP contribution in [-0.4, -0.2) is 17.1 Å². The van der Waals surface area contributed by atoms with Crippen LogP contribution < -0.4 is 5.32 Å². The van der Waals surface area contributed by atoms with Gasteiger partial charge in [0.25, 0.3) is 0 Å². The summed E-state index contributed by atoms with van der Waals surface area (Å²) in [6.07, 6.45) is 3.46. The van der Waals surface area contributed by atoms with E-state index < -0.39 is 5.97 Å². The quantitative estimate of drug-likeness (QED) is 0.890. The lowest BCUT2D eigenvalue weighted by atomic mass is 9.86. The monoisotopic (exact) mass is 295 g/mol. The van der Waals surface area contributed by atoms with Crippen LogP contribution in [0.3, 0.4) is 0 Å². The van der Waals surface area contributed by atoms with Gasteiger partial charge in [0.1, 0.15) is 0 Å². The summed E-state index contributed by atoms with van der Waals surface area (Å²) < 4.78 is 0. The van der Waals surface area contributed by atoms with E-state index in [1.807, 2.05) is 12.1 Å². The normalized spacial score (nSPS) is 22.8. The molecule has 0 heterocycles. The third-order valence-electron chi connectivity index (χ3n) is 4.30. The first-order valence-electron chi connectivity index (χ1n) is 7.19. The highest BCUT2D eigenvalue weighted by atomic mass is 35.5. The van der Waals surface area contributed by atoms with E-state index in [1.165, 1.54) is 16.7 Å². The van der Waals surface area contributed by atoms with Crippen LogP contribution in [0.4, 0.5) is 0 Å². The van der Waals surface area contributed by atoms with Crippen LogP contribution in [0, 0.1) is 19.8 Å². The molecule has 0 spiro atoms. The molecule has 2 N–H and O–H groups in total. The van der Waals surface area contributed by atoms with E-state index in [9.17, 15) is 4.79 Å². The molecule has 0 radical (unpaired) electrons. The molecule has 3 nitrogen and oxygen atoms in total. The minimum Gasteiger partial charge on any atom is -0.481 e. The maximum absolute atomic E-state index is 10.9. The van der Waals surface area contributed by atoms with Gasteiger partial charge in [0.2, 0.25) is 0 Å². The maximum Gasteiger partial charge on any atom is 0.306 e. The molecule has 1 fully saturated rings. The van der Waals surface area contributed by atoms with Crippen LogP contribution in [0.5, 0.6) is 0 Å². The third kappa shape index (κ3) is 3.74. The summed E-state index contributed by atoms with van der Waals surface area (Å²) >= 11 is 6.04. The Balaban J connectivity index is 1.89. The lowest BCUT2D eigenvalue weighted by Gasteiger charge is -2.27. The van der Waals surface area contributed by atoms with E-state index in [-0.39, 0.29) is 5.92 Å². The van der Waals surface area contributed by atoms with E-state index >= 15 is 0 Å². The fourth-order valence-corrected chi connectivity index (χ4v) is 3.34. The highest BCUT2D eigenvalue weighted by Gasteiger charge is 2.25. The van der Waals surface area contributed by atoms with Gasteiger partial charge in [0, 0.05) is 17.6 Å². The first-order valence-corrected chi connectivity index (χ1v) is 7.57. The molecule has 0 bridgehead atoms. The number of carboxylic acids is 1. The Hall–Kier alpha value is -1.06. The van der Waals surface area contributed by atoms with Crippen LogP contribution in [0.2, 0.25) is 5.02 Å². The van der Waals surface area contributed by atoms with Gasteiger partial charge in [-0.2, -0.15) is 0 Å². The summed E-state index contributed by atoms with van der Waals surface area (Å²) in [4.78, 5) is 10.9. The molecule has 0 atom stereocenters. The van der Waals surface area contributed by atoms with Crippen molar-refractivity contribution >= 4 is 17.6 Å². The fraction of sp³-hybridized carbons (Fsp3) is 0.562. The smallest absolute Gasteiger partial charge is 0.306 e. The number of hydrogen-bond donors (Lipinski definition) is 2. The maximum atomic E-state index is 10.9. The first kappa shape index (κ1) is 15.3. The Morgan fingerprint density at radius 1 is 1.25 bits per heavy atom. The van der Waals surface area contributed by atoms with Gasteiger partial charge in [-0.3, -0.25) is 4.79 Å². The van der Waals surface area contributed by atoms with E-state index in [1.54, 1.807) is 0 Å². The van der Waals surface area contributed by atoms with E-state index in [4.69, 9.17) is 16.7 Å². The van der Waals surface area contributed by atoms with Gasteiger partial charge in [-0.1, -0.05) is 11.6 Å². The average molecular weight is 296 g/mol. The standard InChI is InChI=1S/C16H22ClNO2/c1-10-7-13(17)8-11(2)15(10)9-18-14-5-3-12(4-6-14)16(19)20/h7-8,12,14,18H,3-6,9H2,1-2H3,(H,19,20). The molecular weight excluding hydrogens is 274 g/mol. The highest BCUT2D eigenvalue weighted by molar-refractivity contribution is 6.30. The largest absolute Gasteiger partial charge is 0.481 e. The van der Waals surface area contributed by atoms with Crippen molar-refractivity contribution in [3.63, 3.8) is 0 Å². The van der Waals surface area contributed by atoms with Crippen LogP contribution in [0.1, 0.15) is 42.4 Å². The van der Waals surface area contributed by atoms with Crippen molar-refractivity contribution in [3.05, 3.63) is 33.8 Å². The fourth-order valence-electron chi connectivity index (χ4n) is 3.01. The van der Waals surface area contributed by atoms with E-state index in [2.05, 4.69) is 19.2 Å². The minimum atomic E-state index is -0.646. The van der Waals surface area contributed by atoms with Gasteiger partial charge in [-0.25, -0.2) is 0 Å². The van der Waals surface area contributed by atoms with Crippen LogP contribution in [0.15, 0.2) is 12.1 Å². The summed E-state index contributed by atoms with van der Waals surface area (Å²) in [5, 5.41) is 13.3. The average Bonchev–Trinajstić information content (AvgIpc) is 2.38. The molecule has 1 aromatic rings. The SMILES string of the molecule is Cc1cc(Cl)cc(C)c1CNC1CCC(C(=O)O)CC1. The molecule has 2 rings (SSSR count). The number of carbonyl (C=O) groups is 1. The number of benzene rings is 1. The number of hydrogen-bond acceptors (Lipinski definition) is 2. The van der Waals surface area contributed by atoms with E-state index in [0.29, 0.717) is 6.04 Å². The van der Waals surface area contributed by atoms with Gasteiger partial charge >= 0.3 is 5.97 Å². The second kappa shape index (κ2) is 6.59. The highest BCUT2D eigenvalue weighted by Crippen LogP contribution is 2.25. The zero-order valence-corrected chi connectivity index (χ0v) is 12.8. The molecule has 1 aliphatic carbocycles. The van der Waals surface area contributed by atoms with Crippen molar-refractivity contribution in [1.29, 1.82) is 0 Å². The Morgan fingerprint density at radius 2 is 1.80 bits per heavy atom. The Morgan fingerprint density at radius 3 is 2.30 bits per heavy atom. The topological polar surface area (TPSA) is 49.3 Å². The molecule has 1 aliphatic rings. The molecule has 1 saturated carbocycles. The Labute approximate surface area is 125 Å². The predicted octanol–water partition coefficient (Wildman–Crippen LogP) is 3.69. The summed E-state index contributed by atoms with van der Waals surface area (Å²) in [5.41, 5.74) is 3.72. The molecular formula is C16H22ClNO2. The summed E-state index contributed by atoms with van der Waals surface area (Å²) in [5.74, 6) is -0.792. The summed E-state index contributed by atoms with van der Waals surface area (Å²) in [6.45, 7) is 4.99. The van der Waals surface area contributed by atoms with Crippen LogP contribution in [0.25, 0.3) is 0 Å². The summed E-state index contributed by atoms with van der Waals surface area (Å²) in [7, 11) is 0. The van der Waals surface area contributed by atoms with Crippen molar-refractivity contribution in [3.8, 4) is 0 Å².